The number of halogens is 9. The predicted octanol–water partition coefficient (Wildman–Crippen LogP) is 6.83. The highest BCUT2D eigenvalue weighted by Gasteiger charge is 2.39. The Kier molecular flexibility index (Phi) is 16.7. The Hall–Kier alpha value is -7.04. The van der Waals surface area contributed by atoms with Crippen LogP contribution in [0.1, 0.15) is 5.56 Å². The molecular formula is C37H33F9N8O6. The number of hydrogen-bond acceptors (Lipinski definition) is 11. The van der Waals surface area contributed by atoms with Crippen LogP contribution >= 0.6 is 0 Å². The van der Waals surface area contributed by atoms with Crippen LogP contribution in [-0.2, 0) is 20.9 Å². The quantitative estimate of drug-likeness (QED) is 0.106. The van der Waals surface area contributed by atoms with Crippen LogP contribution in [0.2, 0.25) is 0 Å². The first kappa shape index (κ1) is 47.3. The van der Waals surface area contributed by atoms with Crippen LogP contribution in [0.5, 0.6) is 0 Å². The van der Waals surface area contributed by atoms with Gasteiger partial charge in [-0.25, -0.2) is 29.3 Å². The van der Waals surface area contributed by atoms with Gasteiger partial charge in [0.25, 0.3) is 0 Å². The number of nitrogens with two attached hydrogens (primary N) is 1. The molecule has 0 radical (unpaired) electrons. The molecule has 1 fully saturated rings. The first-order valence-corrected chi connectivity index (χ1v) is 16.9. The fourth-order valence-electron chi connectivity index (χ4n) is 4.89. The molecule has 0 aliphatic carbocycles. The smallest absolute Gasteiger partial charge is 0.475 e. The van der Waals surface area contributed by atoms with Crippen molar-refractivity contribution in [3.05, 3.63) is 109 Å². The summed E-state index contributed by atoms with van der Waals surface area (Å²) in [5.41, 5.74) is 12.4. The zero-order valence-electron chi connectivity index (χ0n) is 30.6. The van der Waals surface area contributed by atoms with E-state index in [0.717, 1.165) is 65.9 Å². The molecule has 320 valence electrons. The summed E-state index contributed by atoms with van der Waals surface area (Å²) in [6, 6.07) is 29.1. The number of aromatic nitrogens is 4. The number of hydrogen-bond donors (Lipinski definition) is 5. The standard InChI is InChI=1S/C31H30N8.3C2HF3O2/c32-30-34-14-13-29(37-30)39(22-23-7-2-1-3-8-23)28-12-5-4-11-27(28)25-10-6-9-24(19-25)26-20-35-31(36-21-26)38-17-15-33-16-18-38;3*3-2(4,5)1(6)7/h1-14,19-21,33H,15-18,22H2,(H2,32,34,37);3*(H,6,7). The van der Waals surface area contributed by atoms with E-state index in [1.165, 1.54) is 5.56 Å². The molecule has 0 spiro atoms. The minimum atomic E-state index is -5.08. The van der Waals surface area contributed by atoms with E-state index >= 15 is 0 Å². The molecule has 0 unspecified atom stereocenters. The van der Waals surface area contributed by atoms with E-state index in [2.05, 4.69) is 89.6 Å². The molecule has 1 aliphatic heterocycles. The van der Waals surface area contributed by atoms with Gasteiger partial charge in [-0.3, -0.25) is 0 Å². The number of nitrogens with one attached hydrogen (secondary N) is 1. The van der Waals surface area contributed by atoms with Crippen molar-refractivity contribution in [3.63, 3.8) is 0 Å². The second kappa shape index (κ2) is 21.1. The van der Waals surface area contributed by atoms with Crippen molar-refractivity contribution >= 4 is 41.3 Å². The number of nitrogens with zero attached hydrogens (tertiary/aromatic N) is 6. The second-order valence-corrected chi connectivity index (χ2v) is 11.9. The van der Waals surface area contributed by atoms with Crippen molar-refractivity contribution in [2.75, 3.05) is 41.7 Å². The molecule has 2 aromatic heterocycles. The van der Waals surface area contributed by atoms with Gasteiger partial charge in [0.15, 0.2) is 0 Å². The third-order valence-corrected chi connectivity index (χ3v) is 7.59. The summed E-state index contributed by atoms with van der Waals surface area (Å²) in [5.74, 6) is -6.50. The average molecular weight is 857 g/mol. The van der Waals surface area contributed by atoms with E-state index in [-0.39, 0.29) is 5.95 Å². The molecule has 1 saturated heterocycles. The van der Waals surface area contributed by atoms with E-state index in [1.54, 1.807) is 6.20 Å². The maximum absolute atomic E-state index is 10.6. The lowest BCUT2D eigenvalue weighted by molar-refractivity contribution is -0.193. The lowest BCUT2D eigenvalue weighted by Gasteiger charge is -2.27. The number of carboxylic acid groups (broad SMARTS) is 3. The molecule has 3 heterocycles. The highest BCUT2D eigenvalue weighted by atomic mass is 19.4. The van der Waals surface area contributed by atoms with Crippen molar-refractivity contribution in [1.29, 1.82) is 0 Å². The van der Waals surface area contributed by atoms with Gasteiger partial charge in [-0.1, -0.05) is 66.7 Å². The SMILES string of the molecule is Nc1nccc(N(Cc2ccccc2)c2ccccc2-c2cccc(-c3cnc(N4CCNCC4)nc3)c2)n1.O=C(O)C(F)(F)F.O=C(O)C(F)(F)F.O=C(O)C(F)(F)F. The maximum atomic E-state index is 10.6. The summed E-state index contributed by atoms with van der Waals surface area (Å²) >= 11 is 0. The number of anilines is 4. The number of benzene rings is 3. The van der Waals surface area contributed by atoms with Gasteiger partial charge in [-0.15, -0.1) is 0 Å². The van der Waals surface area contributed by atoms with Gasteiger partial charge in [0.1, 0.15) is 5.82 Å². The van der Waals surface area contributed by atoms with E-state index in [0.29, 0.717) is 6.54 Å². The van der Waals surface area contributed by atoms with Crippen LogP contribution in [0.25, 0.3) is 22.3 Å². The van der Waals surface area contributed by atoms with Crippen molar-refractivity contribution in [2.24, 2.45) is 0 Å². The number of piperazine rings is 1. The molecule has 23 heteroatoms. The van der Waals surface area contributed by atoms with Crippen LogP contribution < -0.4 is 20.9 Å². The molecule has 60 heavy (non-hydrogen) atoms. The second-order valence-electron chi connectivity index (χ2n) is 11.9. The van der Waals surface area contributed by atoms with E-state index in [1.807, 2.05) is 42.7 Å². The Balaban J connectivity index is 0.000000377. The molecular weight excluding hydrogens is 823 g/mol. The Morgan fingerprint density at radius 3 is 1.68 bits per heavy atom. The topological polar surface area (TPSA) is 208 Å². The normalized spacial score (nSPS) is 12.6. The predicted molar refractivity (Wildman–Crippen MR) is 198 cm³/mol. The highest BCUT2D eigenvalue weighted by molar-refractivity contribution is 5.84. The third-order valence-electron chi connectivity index (χ3n) is 7.59. The molecule has 3 aromatic carbocycles. The average Bonchev–Trinajstić information content (AvgIpc) is 3.20. The summed E-state index contributed by atoms with van der Waals surface area (Å²) < 4.78 is 95.2. The third kappa shape index (κ3) is 15.0. The van der Waals surface area contributed by atoms with Crippen molar-refractivity contribution in [2.45, 2.75) is 25.1 Å². The number of nitrogen functional groups attached to an aromatic ring is 1. The fourth-order valence-corrected chi connectivity index (χ4v) is 4.89. The monoisotopic (exact) mass is 856 g/mol. The van der Waals surface area contributed by atoms with Crippen LogP contribution in [0, 0.1) is 0 Å². The lowest BCUT2D eigenvalue weighted by atomic mass is 9.98. The maximum Gasteiger partial charge on any atom is 0.490 e. The van der Waals surface area contributed by atoms with Crippen LogP contribution in [-0.4, -0.2) is 97.9 Å². The largest absolute Gasteiger partial charge is 0.490 e. The summed E-state index contributed by atoms with van der Waals surface area (Å²) in [6.45, 7) is 4.38. The Morgan fingerprint density at radius 1 is 0.667 bits per heavy atom. The number of para-hydroxylation sites is 1. The number of carboxylic acids is 3. The lowest BCUT2D eigenvalue weighted by Crippen LogP contribution is -2.44. The number of carbonyl (C=O) groups is 3. The van der Waals surface area contributed by atoms with E-state index in [4.69, 9.17) is 35.4 Å². The van der Waals surface area contributed by atoms with Gasteiger partial charge in [0, 0.05) is 62.4 Å². The fraction of sp³-hybridized carbons (Fsp3) is 0.216. The zero-order valence-corrected chi connectivity index (χ0v) is 30.6. The van der Waals surface area contributed by atoms with E-state index in [9.17, 15) is 39.5 Å². The highest BCUT2D eigenvalue weighted by Crippen LogP contribution is 2.37. The Morgan fingerprint density at radius 2 is 1.17 bits per heavy atom. The van der Waals surface area contributed by atoms with Crippen molar-refractivity contribution in [1.82, 2.24) is 25.3 Å². The molecule has 0 amide bonds. The van der Waals surface area contributed by atoms with Gasteiger partial charge in [-0.05, 0) is 34.9 Å². The van der Waals surface area contributed by atoms with Gasteiger partial charge < -0.3 is 36.2 Å². The van der Waals surface area contributed by atoms with Crippen LogP contribution in [0.15, 0.2) is 104 Å². The molecule has 0 bridgehead atoms. The summed E-state index contributed by atoms with van der Waals surface area (Å²) in [5, 5.41) is 24.7. The molecule has 6 N–H and O–H groups in total. The van der Waals surface area contributed by atoms with Crippen LogP contribution in [0.4, 0.5) is 62.9 Å². The first-order chi connectivity index (χ1) is 28.1. The van der Waals surface area contributed by atoms with Gasteiger partial charge in [0.05, 0.1) is 5.69 Å². The Labute approximate surface area is 333 Å². The first-order valence-electron chi connectivity index (χ1n) is 16.9. The number of rotatable bonds is 7. The summed E-state index contributed by atoms with van der Waals surface area (Å²) in [4.78, 5) is 49.1. The molecule has 5 aromatic rings. The molecule has 1 aliphatic rings. The summed E-state index contributed by atoms with van der Waals surface area (Å²) in [7, 11) is 0. The van der Waals surface area contributed by atoms with Gasteiger partial charge in [-0.2, -0.15) is 44.5 Å². The van der Waals surface area contributed by atoms with E-state index < -0.39 is 36.4 Å². The molecule has 14 nitrogen and oxygen atoms in total. The molecule has 0 saturated carbocycles. The van der Waals surface area contributed by atoms with Crippen LogP contribution in [0.3, 0.4) is 0 Å². The number of aliphatic carboxylic acids is 3. The van der Waals surface area contributed by atoms with Crippen molar-refractivity contribution in [3.8, 4) is 22.3 Å². The minimum Gasteiger partial charge on any atom is -0.475 e. The van der Waals surface area contributed by atoms with Crippen molar-refractivity contribution < 1.29 is 69.2 Å². The molecule has 6 rings (SSSR count). The molecule has 0 atom stereocenters. The van der Waals surface area contributed by atoms with Gasteiger partial charge in [0.2, 0.25) is 11.9 Å². The minimum absolute atomic E-state index is 0.245. The Bertz CT molecular complexity index is 2110. The zero-order chi connectivity index (χ0) is 44.7. The van der Waals surface area contributed by atoms with Gasteiger partial charge >= 0.3 is 36.4 Å². The summed E-state index contributed by atoms with van der Waals surface area (Å²) in [6.07, 6.45) is -9.72. The number of alkyl halides is 9.